The fraction of sp³-hybridized carbons (Fsp3) is 0.478. The number of halogens is 2. The summed E-state index contributed by atoms with van der Waals surface area (Å²) >= 11 is 0. The maximum atomic E-state index is 14.2. The molecule has 1 aromatic heterocycles. The Labute approximate surface area is 200 Å². The number of benzene rings is 1. The van der Waals surface area contributed by atoms with Crippen molar-refractivity contribution in [2.24, 2.45) is 17.5 Å². The second-order valence-corrected chi connectivity index (χ2v) is 8.56. The van der Waals surface area contributed by atoms with Gasteiger partial charge in [-0.15, -0.1) is 0 Å². The molecule has 1 aromatic carbocycles. The molecule has 2 aromatic rings. The average molecular weight is 496 g/mol. The van der Waals surface area contributed by atoms with E-state index in [1.165, 1.54) is 29.4 Å². The van der Waals surface area contributed by atoms with E-state index >= 15 is 0 Å². The third kappa shape index (κ3) is 6.90. The molecule has 1 heterocycles. The highest BCUT2D eigenvalue weighted by Gasteiger charge is 2.31. The second-order valence-electron chi connectivity index (χ2n) is 8.56. The summed E-state index contributed by atoms with van der Waals surface area (Å²) in [4.78, 5) is 24.6. The van der Waals surface area contributed by atoms with Crippen LogP contribution < -0.4 is 27.6 Å². The van der Waals surface area contributed by atoms with Crippen molar-refractivity contribution in [2.75, 3.05) is 19.8 Å². The molecule has 192 valence electrons. The van der Waals surface area contributed by atoms with E-state index in [4.69, 9.17) is 21.1 Å². The molecule has 0 spiro atoms. The zero-order valence-corrected chi connectivity index (χ0v) is 19.5. The van der Waals surface area contributed by atoms with Gasteiger partial charge in [-0.3, -0.25) is 14.3 Å². The highest BCUT2D eigenvalue weighted by Crippen LogP contribution is 2.33. The number of ether oxygens (including phenoxy) is 2. The fourth-order valence-corrected chi connectivity index (χ4v) is 3.43. The van der Waals surface area contributed by atoms with Crippen LogP contribution in [0.2, 0.25) is 0 Å². The van der Waals surface area contributed by atoms with Gasteiger partial charge >= 0.3 is 5.69 Å². The molecule has 1 aliphatic rings. The van der Waals surface area contributed by atoms with Gasteiger partial charge in [-0.1, -0.05) is 13.0 Å². The lowest BCUT2D eigenvalue weighted by molar-refractivity contribution is 0.000528. The lowest BCUT2D eigenvalue weighted by Crippen LogP contribution is -2.44. The van der Waals surface area contributed by atoms with Crippen molar-refractivity contribution in [1.82, 2.24) is 14.6 Å². The molecule has 0 saturated heterocycles. The number of aromatic amines is 1. The van der Waals surface area contributed by atoms with Crippen LogP contribution in [-0.4, -0.2) is 39.4 Å². The molecule has 0 aliphatic heterocycles. The Morgan fingerprint density at radius 2 is 2.09 bits per heavy atom. The van der Waals surface area contributed by atoms with Gasteiger partial charge in [0.05, 0.1) is 26.0 Å². The number of rotatable bonds is 13. The zero-order valence-electron chi connectivity index (χ0n) is 19.5. The van der Waals surface area contributed by atoms with Crippen molar-refractivity contribution in [2.45, 2.75) is 44.9 Å². The summed E-state index contributed by atoms with van der Waals surface area (Å²) in [5, 5.41) is 12.6. The molecule has 0 amide bonds. The quantitative estimate of drug-likeness (QED) is 0.184. The van der Waals surface area contributed by atoms with Crippen molar-refractivity contribution in [3.8, 4) is 5.75 Å². The van der Waals surface area contributed by atoms with Crippen molar-refractivity contribution < 1.29 is 23.4 Å². The Bertz CT molecular complexity index is 1160. The molecule has 12 heteroatoms. The van der Waals surface area contributed by atoms with Crippen molar-refractivity contribution in [3.05, 3.63) is 74.3 Å². The first-order chi connectivity index (χ1) is 16.7. The van der Waals surface area contributed by atoms with Gasteiger partial charge in [-0.05, 0) is 42.9 Å². The Morgan fingerprint density at radius 3 is 2.74 bits per heavy atom. The normalized spacial score (nSPS) is 15.6. The van der Waals surface area contributed by atoms with E-state index in [-0.39, 0.29) is 38.5 Å². The number of nitrogens with two attached hydrogens (primary N) is 2. The maximum Gasteiger partial charge on any atom is 0.330 e. The molecule has 3 rings (SSSR count). The molecule has 0 radical (unpaired) electrons. The van der Waals surface area contributed by atoms with Crippen molar-refractivity contribution >= 4 is 0 Å². The molecule has 0 unspecified atom stereocenters. The summed E-state index contributed by atoms with van der Waals surface area (Å²) in [5.41, 5.74) is 3.26. The monoisotopic (exact) mass is 495 g/mol. The van der Waals surface area contributed by atoms with Crippen molar-refractivity contribution in [1.29, 1.82) is 0 Å². The number of H-pyrrole nitrogens is 1. The van der Waals surface area contributed by atoms with Gasteiger partial charge in [-0.25, -0.2) is 15.0 Å². The molecule has 35 heavy (non-hydrogen) atoms. The first-order valence-electron chi connectivity index (χ1n) is 11.3. The molecule has 10 nitrogen and oxygen atoms in total. The number of nitrogens with zero attached hydrogens (tertiary/aromatic N) is 2. The van der Waals surface area contributed by atoms with Gasteiger partial charge in [0.2, 0.25) is 5.82 Å². The molecule has 1 saturated carbocycles. The van der Waals surface area contributed by atoms with E-state index < -0.39 is 28.5 Å². The molecule has 1 fully saturated rings. The van der Waals surface area contributed by atoms with E-state index in [1.54, 1.807) is 6.92 Å². The van der Waals surface area contributed by atoms with Crippen LogP contribution in [0.25, 0.3) is 0 Å². The summed E-state index contributed by atoms with van der Waals surface area (Å²) in [6.45, 7) is 1.92. The third-order valence-corrected chi connectivity index (χ3v) is 5.92. The predicted octanol–water partition coefficient (Wildman–Crippen LogP) is 1.24. The number of hydrazine groups is 1. The largest absolute Gasteiger partial charge is 0.490 e. The van der Waals surface area contributed by atoms with Crippen LogP contribution in [0.4, 0.5) is 8.78 Å². The highest BCUT2D eigenvalue weighted by atomic mass is 19.1. The van der Waals surface area contributed by atoms with Gasteiger partial charge in [0.25, 0.3) is 5.56 Å². The Hall–Kier alpha value is -3.22. The van der Waals surface area contributed by atoms with E-state index in [0.29, 0.717) is 23.8 Å². The summed E-state index contributed by atoms with van der Waals surface area (Å²) in [5.74, 6) is 5.10. The van der Waals surface area contributed by atoms with Crippen LogP contribution in [0.15, 0.2) is 45.9 Å². The van der Waals surface area contributed by atoms with Crippen LogP contribution >= 0.6 is 0 Å². The molecule has 1 aliphatic carbocycles. The standard InChI is InChI=1S/C23H31F2N5O5/c1-2-23(33,16-5-6-18(24)20(9-16)35-12-15-3-4-15)13-30(27)17(10-26)7-8-34-14-29-11-19(25)21(31)28-22(29)32/h5-6,9-11,15,33H,2-4,7-8,12-14,26-27H2,1H3,(H,28,31,32)/b17-10-/t23-/m1/s1. The number of nitrogens with one attached hydrogen (secondary N) is 1. The average Bonchev–Trinajstić information content (AvgIpc) is 3.66. The zero-order chi connectivity index (χ0) is 25.6. The summed E-state index contributed by atoms with van der Waals surface area (Å²) < 4.78 is 39.4. The number of hydrogen-bond acceptors (Lipinski definition) is 8. The lowest BCUT2D eigenvalue weighted by Gasteiger charge is -2.34. The first-order valence-corrected chi connectivity index (χ1v) is 11.3. The Morgan fingerprint density at radius 1 is 1.34 bits per heavy atom. The molecule has 0 bridgehead atoms. The van der Waals surface area contributed by atoms with Gasteiger partial charge in [0.1, 0.15) is 12.3 Å². The summed E-state index contributed by atoms with van der Waals surface area (Å²) in [6.07, 6.45) is 4.65. The lowest BCUT2D eigenvalue weighted by atomic mass is 9.90. The maximum absolute atomic E-state index is 14.2. The topological polar surface area (TPSA) is 149 Å². The fourth-order valence-electron chi connectivity index (χ4n) is 3.43. The molecule has 1 atom stereocenters. The first kappa shape index (κ1) is 26.4. The van der Waals surface area contributed by atoms with Crippen molar-refractivity contribution in [3.63, 3.8) is 0 Å². The van der Waals surface area contributed by atoms with Gasteiger partial charge < -0.3 is 25.3 Å². The molecule has 6 N–H and O–H groups in total. The number of hydrogen-bond donors (Lipinski definition) is 4. The number of aromatic nitrogens is 2. The Balaban J connectivity index is 1.59. The summed E-state index contributed by atoms with van der Waals surface area (Å²) in [6, 6.07) is 4.24. The molecular weight excluding hydrogens is 464 g/mol. The van der Waals surface area contributed by atoms with Gasteiger partial charge in [0.15, 0.2) is 11.6 Å². The minimum Gasteiger partial charge on any atom is -0.490 e. The predicted molar refractivity (Wildman–Crippen MR) is 124 cm³/mol. The van der Waals surface area contributed by atoms with Crippen LogP contribution in [-0.2, 0) is 17.1 Å². The van der Waals surface area contributed by atoms with Crippen LogP contribution in [0.3, 0.4) is 0 Å². The van der Waals surface area contributed by atoms with E-state index in [2.05, 4.69) is 0 Å². The van der Waals surface area contributed by atoms with Gasteiger partial charge in [-0.2, -0.15) is 4.39 Å². The number of aliphatic hydroxyl groups is 1. The third-order valence-electron chi connectivity index (χ3n) is 5.92. The van der Waals surface area contributed by atoms with Crippen LogP contribution in [0.5, 0.6) is 5.75 Å². The van der Waals surface area contributed by atoms with Gasteiger partial charge in [0, 0.05) is 18.3 Å². The van der Waals surface area contributed by atoms with Crippen LogP contribution in [0, 0.1) is 17.6 Å². The van der Waals surface area contributed by atoms with E-state index in [9.17, 15) is 23.5 Å². The van der Waals surface area contributed by atoms with E-state index in [1.807, 2.05) is 4.98 Å². The minimum absolute atomic E-state index is 0.0508. The highest BCUT2D eigenvalue weighted by molar-refractivity contribution is 5.34. The minimum atomic E-state index is -1.42. The SMILES string of the molecule is CC[C@@](O)(CN(N)/C(=C\N)CCOCn1cc(F)c(=O)[nH]c1=O)c1ccc(F)c(OCC2CC2)c1. The van der Waals surface area contributed by atoms with Crippen LogP contribution in [0.1, 0.15) is 38.2 Å². The van der Waals surface area contributed by atoms with E-state index in [0.717, 1.165) is 23.6 Å². The second kappa shape index (κ2) is 11.5. The molecular formula is C23H31F2N5O5. The smallest absolute Gasteiger partial charge is 0.330 e. The summed E-state index contributed by atoms with van der Waals surface area (Å²) in [7, 11) is 0. The Kier molecular flexibility index (Phi) is 8.65.